The molecule has 0 radical (unpaired) electrons. The summed E-state index contributed by atoms with van der Waals surface area (Å²) in [5, 5.41) is 1.43. The summed E-state index contributed by atoms with van der Waals surface area (Å²) in [6, 6.07) is 23.5. The maximum Gasteiger partial charge on any atom is 0.142 e. The van der Waals surface area contributed by atoms with E-state index in [2.05, 4.69) is 10.6 Å². The fraction of sp³-hybridized carbons (Fsp3) is 0.174. The van der Waals surface area contributed by atoms with Crippen LogP contribution in [0.4, 0.5) is 0 Å². The van der Waals surface area contributed by atoms with E-state index in [0.29, 0.717) is 16.7 Å². The molecule has 4 rings (SSSR count). The fourth-order valence-electron chi connectivity index (χ4n) is 3.24. The highest BCUT2D eigenvalue weighted by atomic mass is 35.5. The molecular formula is C23H20Cl2N2O. The predicted octanol–water partition coefficient (Wildman–Crippen LogP) is 6.87. The minimum absolute atomic E-state index is 0.662. The van der Waals surface area contributed by atoms with Gasteiger partial charge in [0.2, 0.25) is 0 Å². The highest BCUT2D eigenvalue weighted by Crippen LogP contribution is 2.30. The van der Waals surface area contributed by atoms with E-state index in [1.54, 1.807) is 0 Å². The van der Waals surface area contributed by atoms with Crippen LogP contribution in [0.25, 0.3) is 22.4 Å². The van der Waals surface area contributed by atoms with Gasteiger partial charge in [0.05, 0.1) is 22.7 Å². The molecule has 0 spiro atoms. The second-order valence-corrected chi connectivity index (χ2v) is 7.41. The van der Waals surface area contributed by atoms with E-state index in [0.717, 1.165) is 47.6 Å². The zero-order chi connectivity index (χ0) is 19.3. The summed E-state index contributed by atoms with van der Waals surface area (Å²) < 4.78 is 8.05. The molecule has 0 saturated carbocycles. The first-order valence-electron chi connectivity index (χ1n) is 9.31. The lowest BCUT2D eigenvalue weighted by molar-refractivity contribution is 0.303. The van der Waals surface area contributed by atoms with Gasteiger partial charge in [0.15, 0.2) is 0 Å². The Balaban J connectivity index is 1.47. The number of rotatable bonds is 7. The molecule has 1 heterocycles. The zero-order valence-electron chi connectivity index (χ0n) is 15.3. The topological polar surface area (TPSA) is 27.1 Å². The average molecular weight is 411 g/mol. The number of aryl methyl sites for hydroxylation is 1. The molecule has 0 N–H and O–H groups in total. The van der Waals surface area contributed by atoms with Crippen molar-refractivity contribution in [2.24, 2.45) is 0 Å². The lowest BCUT2D eigenvalue weighted by Crippen LogP contribution is -2.04. The van der Waals surface area contributed by atoms with Gasteiger partial charge < -0.3 is 9.30 Å². The van der Waals surface area contributed by atoms with E-state index in [1.807, 2.05) is 66.7 Å². The number of benzene rings is 3. The number of hydrogen-bond acceptors (Lipinski definition) is 2. The monoisotopic (exact) mass is 410 g/mol. The molecule has 3 nitrogen and oxygen atoms in total. The van der Waals surface area contributed by atoms with E-state index in [1.165, 1.54) is 0 Å². The normalized spacial score (nSPS) is 11.1. The number of ether oxygens (including phenoxy) is 1. The van der Waals surface area contributed by atoms with E-state index in [4.69, 9.17) is 32.9 Å². The Morgan fingerprint density at radius 2 is 1.57 bits per heavy atom. The van der Waals surface area contributed by atoms with Gasteiger partial charge in [-0.25, -0.2) is 4.98 Å². The minimum Gasteiger partial charge on any atom is -0.494 e. The van der Waals surface area contributed by atoms with Gasteiger partial charge in [0, 0.05) is 17.1 Å². The van der Waals surface area contributed by atoms with Crippen molar-refractivity contribution in [1.29, 1.82) is 0 Å². The molecule has 1 aromatic heterocycles. The van der Waals surface area contributed by atoms with Crippen molar-refractivity contribution >= 4 is 34.2 Å². The minimum atomic E-state index is 0.662. The third kappa shape index (κ3) is 4.16. The largest absolute Gasteiger partial charge is 0.494 e. The smallest absolute Gasteiger partial charge is 0.142 e. The maximum atomic E-state index is 6.44. The molecule has 5 heteroatoms. The van der Waals surface area contributed by atoms with Crippen molar-refractivity contribution in [3.63, 3.8) is 0 Å². The Bertz CT molecular complexity index is 1070. The summed E-state index contributed by atoms with van der Waals surface area (Å²) >= 11 is 12.3. The quantitative estimate of drug-likeness (QED) is 0.310. The SMILES string of the molecule is Clc1ccc(OCCCCn2c(-c3ccccc3Cl)nc3ccccc32)cc1. The summed E-state index contributed by atoms with van der Waals surface area (Å²) in [4.78, 5) is 4.83. The van der Waals surface area contributed by atoms with E-state index >= 15 is 0 Å². The van der Waals surface area contributed by atoms with Crippen molar-refractivity contribution in [2.45, 2.75) is 19.4 Å². The molecule has 142 valence electrons. The molecule has 0 atom stereocenters. The van der Waals surface area contributed by atoms with Crippen molar-refractivity contribution in [2.75, 3.05) is 6.61 Å². The molecular weight excluding hydrogens is 391 g/mol. The molecule has 0 aliphatic rings. The van der Waals surface area contributed by atoms with Crippen molar-refractivity contribution < 1.29 is 4.74 Å². The number of halogens is 2. The predicted molar refractivity (Wildman–Crippen MR) is 116 cm³/mol. The van der Waals surface area contributed by atoms with Crippen LogP contribution in [0.3, 0.4) is 0 Å². The lowest BCUT2D eigenvalue weighted by atomic mass is 10.2. The standard InChI is InChI=1S/C23H20Cl2N2O/c24-17-11-13-18(14-12-17)28-16-6-5-15-27-22-10-4-3-9-21(22)26-23(27)19-7-1-2-8-20(19)25/h1-4,7-14H,5-6,15-16H2. The molecule has 0 fully saturated rings. The fourth-order valence-corrected chi connectivity index (χ4v) is 3.59. The van der Waals surface area contributed by atoms with Crippen LogP contribution in [0, 0.1) is 0 Å². The average Bonchev–Trinajstić information content (AvgIpc) is 3.08. The van der Waals surface area contributed by atoms with Gasteiger partial charge in [-0.15, -0.1) is 0 Å². The number of hydrogen-bond donors (Lipinski definition) is 0. The van der Waals surface area contributed by atoms with Gasteiger partial charge in [-0.05, 0) is 61.4 Å². The molecule has 28 heavy (non-hydrogen) atoms. The number of nitrogens with zero attached hydrogens (tertiary/aromatic N) is 2. The van der Waals surface area contributed by atoms with Crippen LogP contribution in [0.2, 0.25) is 10.0 Å². The zero-order valence-corrected chi connectivity index (χ0v) is 16.8. The van der Waals surface area contributed by atoms with Crippen molar-refractivity contribution in [1.82, 2.24) is 9.55 Å². The number of para-hydroxylation sites is 2. The Morgan fingerprint density at radius 3 is 2.39 bits per heavy atom. The molecule has 0 unspecified atom stereocenters. The van der Waals surface area contributed by atoms with Crippen LogP contribution in [0.1, 0.15) is 12.8 Å². The Labute approximate surface area is 174 Å². The summed E-state index contributed by atoms with van der Waals surface area (Å²) in [7, 11) is 0. The van der Waals surface area contributed by atoms with Crippen molar-refractivity contribution in [3.05, 3.63) is 82.8 Å². The summed E-state index contributed by atoms with van der Waals surface area (Å²) in [6.07, 6.45) is 1.92. The van der Waals surface area contributed by atoms with Crippen LogP contribution in [0.5, 0.6) is 5.75 Å². The van der Waals surface area contributed by atoms with Crippen LogP contribution >= 0.6 is 23.2 Å². The highest BCUT2D eigenvalue weighted by Gasteiger charge is 2.14. The van der Waals surface area contributed by atoms with Crippen molar-refractivity contribution in [3.8, 4) is 17.1 Å². The van der Waals surface area contributed by atoms with E-state index in [9.17, 15) is 0 Å². The Hall–Kier alpha value is -2.49. The Morgan fingerprint density at radius 1 is 0.821 bits per heavy atom. The van der Waals surface area contributed by atoms with Gasteiger partial charge in [-0.1, -0.05) is 47.5 Å². The molecule has 0 amide bonds. The van der Waals surface area contributed by atoms with Crippen LogP contribution in [0.15, 0.2) is 72.8 Å². The molecule has 3 aromatic carbocycles. The summed E-state index contributed by atoms with van der Waals surface area (Å²) in [5.74, 6) is 1.75. The van der Waals surface area contributed by atoms with E-state index < -0.39 is 0 Å². The molecule has 0 saturated heterocycles. The summed E-state index contributed by atoms with van der Waals surface area (Å²) in [5.41, 5.74) is 3.06. The first-order chi connectivity index (χ1) is 13.7. The second-order valence-electron chi connectivity index (χ2n) is 6.57. The van der Waals surface area contributed by atoms with Crippen LogP contribution in [-0.4, -0.2) is 16.2 Å². The number of aromatic nitrogens is 2. The number of unbranched alkanes of at least 4 members (excludes halogenated alkanes) is 1. The van der Waals surface area contributed by atoms with Gasteiger partial charge in [-0.3, -0.25) is 0 Å². The molecule has 0 aliphatic heterocycles. The molecule has 4 aromatic rings. The molecule has 0 aliphatic carbocycles. The highest BCUT2D eigenvalue weighted by molar-refractivity contribution is 6.33. The second kappa shape index (κ2) is 8.68. The first kappa shape index (κ1) is 18.9. The third-order valence-electron chi connectivity index (χ3n) is 4.63. The third-order valence-corrected chi connectivity index (χ3v) is 5.21. The Kier molecular flexibility index (Phi) is 5.84. The number of fused-ring (bicyclic) bond motifs is 1. The van der Waals surface area contributed by atoms with Gasteiger partial charge in [-0.2, -0.15) is 0 Å². The van der Waals surface area contributed by atoms with Crippen LogP contribution in [-0.2, 0) is 6.54 Å². The van der Waals surface area contributed by atoms with Gasteiger partial charge >= 0.3 is 0 Å². The molecule has 0 bridgehead atoms. The van der Waals surface area contributed by atoms with Gasteiger partial charge in [0.25, 0.3) is 0 Å². The van der Waals surface area contributed by atoms with Crippen LogP contribution < -0.4 is 4.74 Å². The number of imidazole rings is 1. The lowest BCUT2D eigenvalue weighted by Gasteiger charge is -2.11. The summed E-state index contributed by atoms with van der Waals surface area (Å²) in [6.45, 7) is 1.51. The first-order valence-corrected chi connectivity index (χ1v) is 10.1. The van der Waals surface area contributed by atoms with E-state index in [-0.39, 0.29) is 0 Å². The maximum absolute atomic E-state index is 6.44. The van der Waals surface area contributed by atoms with Gasteiger partial charge in [0.1, 0.15) is 11.6 Å².